The maximum absolute atomic E-state index is 12.7. The number of pyridine rings is 1. The Labute approximate surface area is 148 Å². The first-order chi connectivity index (χ1) is 12.0. The number of nitrogens with zero attached hydrogens (tertiary/aromatic N) is 3. The highest BCUT2D eigenvalue weighted by atomic mass is 16.5. The maximum Gasteiger partial charge on any atom is 0.292 e. The summed E-state index contributed by atoms with van der Waals surface area (Å²) < 4.78 is 5.27. The molecule has 3 heterocycles. The van der Waals surface area contributed by atoms with Gasteiger partial charge < -0.3 is 14.7 Å². The van der Waals surface area contributed by atoms with Crippen LogP contribution in [0.3, 0.4) is 0 Å². The summed E-state index contributed by atoms with van der Waals surface area (Å²) in [6, 6.07) is 5.87. The molecule has 1 aliphatic heterocycles. The predicted molar refractivity (Wildman–Crippen MR) is 96.8 cm³/mol. The average molecular weight is 342 g/mol. The van der Waals surface area contributed by atoms with Crippen LogP contribution in [0.5, 0.6) is 0 Å². The van der Waals surface area contributed by atoms with Gasteiger partial charge in [-0.3, -0.25) is 9.78 Å². The van der Waals surface area contributed by atoms with Crippen molar-refractivity contribution in [3.8, 4) is 0 Å². The third-order valence-corrected chi connectivity index (χ3v) is 4.54. The lowest BCUT2D eigenvalue weighted by molar-refractivity contribution is 0.0749. The molecule has 6 nitrogen and oxygen atoms in total. The van der Waals surface area contributed by atoms with E-state index in [1.54, 1.807) is 6.07 Å². The highest BCUT2D eigenvalue weighted by Crippen LogP contribution is 2.29. The second kappa shape index (κ2) is 7.25. The van der Waals surface area contributed by atoms with E-state index in [2.05, 4.69) is 35.4 Å². The van der Waals surface area contributed by atoms with Crippen molar-refractivity contribution in [2.24, 2.45) is 5.92 Å². The summed E-state index contributed by atoms with van der Waals surface area (Å²) in [6.07, 6.45) is 1.73. The lowest BCUT2D eigenvalue weighted by atomic mass is 10.0. The SMILES string of the molecule is CNc1cc(C)nc([C@@H]2CCN(C(=O)c3cc(CC(C)C)no3)C2)c1. The van der Waals surface area contributed by atoms with Gasteiger partial charge in [0, 0.05) is 49.2 Å². The van der Waals surface area contributed by atoms with Gasteiger partial charge >= 0.3 is 0 Å². The molecule has 3 rings (SSSR count). The zero-order chi connectivity index (χ0) is 18.0. The molecule has 2 aromatic rings. The summed E-state index contributed by atoms with van der Waals surface area (Å²) in [5.41, 5.74) is 3.92. The Kier molecular flexibility index (Phi) is 5.06. The highest BCUT2D eigenvalue weighted by Gasteiger charge is 2.31. The van der Waals surface area contributed by atoms with Crippen LogP contribution in [0.15, 0.2) is 22.7 Å². The zero-order valence-electron chi connectivity index (χ0n) is 15.4. The van der Waals surface area contributed by atoms with Crippen molar-refractivity contribution in [1.82, 2.24) is 15.0 Å². The van der Waals surface area contributed by atoms with Crippen molar-refractivity contribution in [2.45, 2.75) is 39.5 Å². The molecule has 1 saturated heterocycles. The molecule has 25 heavy (non-hydrogen) atoms. The summed E-state index contributed by atoms with van der Waals surface area (Å²) in [7, 11) is 1.90. The van der Waals surface area contributed by atoms with Crippen LogP contribution in [0.25, 0.3) is 0 Å². The van der Waals surface area contributed by atoms with E-state index in [-0.39, 0.29) is 11.8 Å². The predicted octanol–water partition coefficient (Wildman–Crippen LogP) is 3.25. The van der Waals surface area contributed by atoms with Crippen molar-refractivity contribution in [1.29, 1.82) is 0 Å². The number of nitrogens with one attached hydrogen (secondary N) is 1. The largest absolute Gasteiger partial charge is 0.388 e. The molecule has 1 fully saturated rings. The molecule has 1 atom stereocenters. The number of carbonyl (C=O) groups excluding carboxylic acids is 1. The van der Waals surface area contributed by atoms with E-state index >= 15 is 0 Å². The molecule has 0 aliphatic carbocycles. The molecule has 0 unspecified atom stereocenters. The van der Waals surface area contributed by atoms with Crippen LogP contribution >= 0.6 is 0 Å². The van der Waals surface area contributed by atoms with Crippen LogP contribution in [0.2, 0.25) is 0 Å². The molecule has 1 N–H and O–H groups in total. The van der Waals surface area contributed by atoms with Crippen LogP contribution in [0, 0.1) is 12.8 Å². The van der Waals surface area contributed by atoms with Gasteiger partial charge in [0.15, 0.2) is 0 Å². The molecule has 6 heteroatoms. The molecule has 1 aliphatic rings. The third-order valence-electron chi connectivity index (χ3n) is 4.54. The second-order valence-corrected chi connectivity index (χ2v) is 7.19. The van der Waals surface area contributed by atoms with E-state index in [0.29, 0.717) is 24.8 Å². The Bertz CT molecular complexity index is 754. The minimum Gasteiger partial charge on any atom is -0.388 e. The quantitative estimate of drug-likeness (QED) is 0.903. The summed E-state index contributed by atoms with van der Waals surface area (Å²) >= 11 is 0. The number of carbonyl (C=O) groups is 1. The summed E-state index contributed by atoms with van der Waals surface area (Å²) in [5, 5.41) is 7.18. The van der Waals surface area contributed by atoms with Crippen LogP contribution in [0.4, 0.5) is 5.69 Å². The molecular weight excluding hydrogens is 316 g/mol. The Balaban J connectivity index is 1.69. The van der Waals surface area contributed by atoms with Crippen molar-refractivity contribution < 1.29 is 9.32 Å². The zero-order valence-corrected chi connectivity index (χ0v) is 15.4. The molecule has 2 aromatic heterocycles. The van der Waals surface area contributed by atoms with Crippen LogP contribution in [-0.4, -0.2) is 41.1 Å². The average Bonchev–Trinajstić information content (AvgIpc) is 3.22. The fraction of sp³-hybridized carbons (Fsp3) is 0.526. The number of likely N-dealkylation sites (tertiary alicyclic amines) is 1. The normalized spacial score (nSPS) is 17.3. The number of amides is 1. The lowest BCUT2D eigenvalue weighted by Gasteiger charge is -2.15. The van der Waals surface area contributed by atoms with Crippen molar-refractivity contribution in [3.63, 3.8) is 0 Å². The van der Waals surface area contributed by atoms with Gasteiger partial charge in [0.1, 0.15) is 0 Å². The first-order valence-electron chi connectivity index (χ1n) is 8.87. The monoisotopic (exact) mass is 342 g/mol. The molecule has 0 aromatic carbocycles. The second-order valence-electron chi connectivity index (χ2n) is 7.19. The first kappa shape index (κ1) is 17.5. The standard InChI is InChI=1S/C19H26N4O2/c1-12(2)7-16-10-18(25-22-16)19(24)23-6-5-14(11-23)17-9-15(20-4)8-13(3)21-17/h8-10,12,14H,5-7,11H2,1-4H3,(H,20,21)/t14-/m1/s1. The van der Waals surface area contributed by atoms with Gasteiger partial charge in [-0.05, 0) is 37.8 Å². The van der Waals surface area contributed by atoms with E-state index in [4.69, 9.17) is 4.52 Å². The number of rotatable bonds is 5. The summed E-state index contributed by atoms with van der Waals surface area (Å²) in [4.78, 5) is 19.2. The van der Waals surface area contributed by atoms with E-state index in [1.165, 1.54) is 0 Å². The maximum atomic E-state index is 12.7. The van der Waals surface area contributed by atoms with Gasteiger partial charge in [0.05, 0.1) is 5.69 Å². The van der Waals surface area contributed by atoms with E-state index in [0.717, 1.165) is 35.6 Å². The van der Waals surface area contributed by atoms with Gasteiger partial charge in [-0.1, -0.05) is 19.0 Å². The Morgan fingerprint density at radius 2 is 2.20 bits per heavy atom. The molecular formula is C19H26N4O2. The van der Waals surface area contributed by atoms with Crippen molar-refractivity contribution in [2.75, 3.05) is 25.5 Å². The number of aromatic nitrogens is 2. The van der Waals surface area contributed by atoms with Gasteiger partial charge in [-0.2, -0.15) is 0 Å². The lowest BCUT2D eigenvalue weighted by Crippen LogP contribution is -2.28. The highest BCUT2D eigenvalue weighted by molar-refractivity contribution is 5.91. The Morgan fingerprint density at radius 1 is 1.40 bits per heavy atom. The van der Waals surface area contributed by atoms with Gasteiger partial charge in [-0.25, -0.2) is 0 Å². The Hall–Kier alpha value is -2.37. The number of aryl methyl sites for hydroxylation is 1. The van der Waals surface area contributed by atoms with Gasteiger partial charge in [-0.15, -0.1) is 0 Å². The Morgan fingerprint density at radius 3 is 2.92 bits per heavy atom. The fourth-order valence-electron chi connectivity index (χ4n) is 3.32. The first-order valence-corrected chi connectivity index (χ1v) is 8.87. The molecule has 0 spiro atoms. The van der Waals surface area contributed by atoms with Gasteiger partial charge in [0.25, 0.3) is 5.91 Å². The summed E-state index contributed by atoms with van der Waals surface area (Å²) in [6.45, 7) is 7.62. The number of hydrogen-bond acceptors (Lipinski definition) is 5. The topological polar surface area (TPSA) is 71.3 Å². The van der Waals surface area contributed by atoms with Crippen molar-refractivity contribution in [3.05, 3.63) is 41.0 Å². The van der Waals surface area contributed by atoms with Crippen molar-refractivity contribution >= 4 is 11.6 Å². The minimum absolute atomic E-state index is 0.0773. The fourth-order valence-corrected chi connectivity index (χ4v) is 3.32. The van der Waals surface area contributed by atoms with Crippen LogP contribution in [-0.2, 0) is 6.42 Å². The molecule has 1 amide bonds. The molecule has 134 valence electrons. The van der Waals surface area contributed by atoms with E-state index in [9.17, 15) is 4.79 Å². The summed E-state index contributed by atoms with van der Waals surface area (Å²) in [5.74, 6) is 1.00. The smallest absolute Gasteiger partial charge is 0.292 e. The number of hydrogen-bond donors (Lipinski definition) is 1. The van der Waals surface area contributed by atoms with Gasteiger partial charge in [0.2, 0.25) is 5.76 Å². The molecule has 0 bridgehead atoms. The van der Waals surface area contributed by atoms with Crippen LogP contribution < -0.4 is 5.32 Å². The third kappa shape index (κ3) is 4.00. The molecule has 0 saturated carbocycles. The van der Waals surface area contributed by atoms with E-state index < -0.39 is 0 Å². The van der Waals surface area contributed by atoms with E-state index in [1.807, 2.05) is 24.9 Å². The van der Waals surface area contributed by atoms with Crippen LogP contribution in [0.1, 0.15) is 53.8 Å². The molecule has 0 radical (unpaired) electrons. The minimum atomic E-state index is -0.0773. The number of anilines is 1.